The molecule has 0 atom stereocenters. The third kappa shape index (κ3) is 4.96. The minimum Gasteiger partial charge on any atom is -0.313 e. The minimum absolute atomic E-state index is 0.920. The highest BCUT2D eigenvalue weighted by atomic mass is 15.1. The van der Waals surface area contributed by atoms with Crippen molar-refractivity contribution in [1.82, 2.24) is 10.2 Å². The summed E-state index contributed by atoms with van der Waals surface area (Å²) in [6.45, 7) is 10.3. The van der Waals surface area contributed by atoms with Crippen molar-refractivity contribution in [3.05, 3.63) is 35.4 Å². The van der Waals surface area contributed by atoms with Crippen LogP contribution in [0.2, 0.25) is 0 Å². The van der Waals surface area contributed by atoms with Crippen molar-refractivity contribution in [2.24, 2.45) is 5.92 Å². The van der Waals surface area contributed by atoms with Crippen LogP contribution in [-0.2, 0) is 13.1 Å². The molecule has 2 rings (SSSR count). The van der Waals surface area contributed by atoms with Gasteiger partial charge in [-0.05, 0) is 55.9 Å². The molecule has 1 aromatic rings. The maximum Gasteiger partial charge on any atom is 0.0233 e. The molecule has 2 heteroatoms. The molecule has 1 saturated heterocycles. The quantitative estimate of drug-likeness (QED) is 0.788. The van der Waals surface area contributed by atoms with Crippen LogP contribution < -0.4 is 5.32 Å². The lowest BCUT2D eigenvalue weighted by Gasteiger charge is -2.30. The Morgan fingerprint density at radius 2 is 1.74 bits per heavy atom. The zero-order valence-electron chi connectivity index (χ0n) is 12.5. The molecule has 1 aliphatic heterocycles. The summed E-state index contributed by atoms with van der Waals surface area (Å²) in [5.41, 5.74) is 2.85. The second-order valence-corrected chi connectivity index (χ2v) is 5.95. The van der Waals surface area contributed by atoms with Gasteiger partial charge in [-0.2, -0.15) is 0 Å². The fraction of sp³-hybridized carbons (Fsp3) is 0.647. The molecule has 1 aliphatic rings. The van der Waals surface area contributed by atoms with Gasteiger partial charge in [0.2, 0.25) is 0 Å². The van der Waals surface area contributed by atoms with E-state index in [1.165, 1.54) is 43.5 Å². The summed E-state index contributed by atoms with van der Waals surface area (Å²) in [5.74, 6) is 0.920. The fourth-order valence-electron chi connectivity index (χ4n) is 2.65. The van der Waals surface area contributed by atoms with E-state index in [4.69, 9.17) is 0 Å². The van der Waals surface area contributed by atoms with E-state index < -0.39 is 0 Å². The van der Waals surface area contributed by atoms with Gasteiger partial charge in [0, 0.05) is 13.1 Å². The van der Waals surface area contributed by atoms with Crippen molar-refractivity contribution < 1.29 is 0 Å². The van der Waals surface area contributed by atoms with E-state index in [0.717, 1.165) is 25.6 Å². The van der Waals surface area contributed by atoms with Crippen LogP contribution in [0, 0.1) is 5.92 Å². The largest absolute Gasteiger partial charge is 0.313 e. The zero-order chi connectivity index (χ0) is 13.5. The monoisotopic (exact) mass is 260 g/mol. The van der Waals surface area contributed by atoms with Crippen molar-refractivity contribution in [2.75, 3.05) is 19.6 Å². The van der Waals surface area contributed by atoms with Crippen LogP contribution in [0.25, 0.3) is 0 Å². The first kappa shape index (κ1) is 14.5. The summed E-state index contributed by atoms with van der Waals surface area (Å²) in [7, 11) is 0. The Morgan fingerprint density at radius 3 is 2.37 bits per heavy atom. The predicted molar refractivity (Wildman–Crippen MR) is 82.1 cm³/mol. The zero-order valence-corrected chi connectivity index (χ0v) is 12.5. The van der Waals surface area contributed by atoms with Crippen LogP contribution in [0.3, 0.4) is 0 Å². The lowest BCUT2D eigenvalue weighted by atomic mass is 9.99. The summed E-state index contributed by atoms with van der Waals surface area (Å²) in [6, 6.07) is 9.12. The van der Waals surface area contributed by atoms with Crippen molar-refractivity contribution >= 4 is 0 Å². The summed E-state index contributed by atoms with van der Waals surface area (Å²) < 4.78 is 0. The average Bonchev–Trinajstić information content (AvgIpc) is 2.44. The number of nitrogens with one attached hydrogen (secondary N) is 1. The van der Waals surface area contributed by atoms with Crippen molar-refractivity contribution in [3.8, 4) is 0 Å². The highest BCUT2D eigenvalue weighted by molar-refractivity contribution is 5.22. The maximum atomic E-state index is 3.45. The van der Waals surface area contributed by atoms with Crippen molar-refractivity contribution in [2.45, 2.75) is 46.2 Å². The Hall–Kier alpha value is -0.860. The molecule has 0 radical (unpaired) electrons. The molecule has 2 nitrogen and oxygen atoms in total. The van der Waals surface area contributed by atoms with Gasteiger partial charge in [0.1, 0.15) is 0 Å². The molecular weight excluding hydrogens is 232 g/mol. The fourth-order valence-corrected chi connectivity index (χ4v) is 2.65. The molecule has 0 bridgehead atoms. The van der Waals surface area contributed by atoms with E-state index in [-0.39, 0.29) is 0 Å². The Labute approximate surface area is 118 Å². The summed E-state index contributed by atoms with van der Waals surface area (Å²) in [5, 5.41) is 3.45. The molecule has 19 heavy (non-hydrogen) atoms. The van der Waals surface area contributed by atoms with E-state index in [9.17, 15) is 0 Å². The summed E-state index contributed by atoms with van der Waals surface area (Å²) in [4.78, 5) is 2.59. The highest BCUT2D eigenvalue weighted by Crippen LogP contribution is 2.18. The molecule has 1 heterocycles. The summed E-state index contributed by atoms with van der Waals surface area (Å²) >= 11 is 0. The molecule has 0 amide bonds. The number of piperidine rings is 1. The first-order valence-electron chi connectivity index (χ1n) is 7.79. The molecule has 0 spiro atoms. The van der Waals surface area contributed by atoms with E-state index in [1.807, 2.05) is 0 Å². The third-order valence-electron chi connectivity index (χ3n) is 4.06. The van der Waals surface area contributed by atoms with Gasteiger partial charge in [0.25, 0.3) is 0 Å². The first-order chi connectivity index (χ1) is 9.28. The number of nitrogens with zero attached hydrogens (tertiary/aromatic N) is 1. The van der Waals surface area contributed by atoms with Crippen LogP contribution >= 0.6 is 0 Å². The van der Waals surface area contributed by atoms with E-state index in [2.05, 4.69) is 48.3 Å². The molecule has 0 aromatic heterocycles. The molecule has 0 saturated carbocycles. The predicted octanol–water partition coefficient (Wildman–Crippen LogP) is 3.42. The molecule has 1 N–H and O–H groups in total. The minimum atomic E-state index is 0.920. The SMILES string of the molecule is CCCNCc1ccc(CN2CCC(C)CC2)cc1. The lowest BCUT2D eigenvalue weighted by molar-refractivity contribution is 0.185. The number of benzene rings is 1. The van der Waals surface area contributed by atoms with Crippen LogP contribution in [0.1, 0.15) is 44.2 Å². The molecule has 0 unspecified atom stereocenters. The third-order valence-corrected chi connectivity index (χ3v) is 4.06. The van der Waals surface area contributed by atoms with Crippen LogP contribution in [0.4, 0.5) is 0 Å². The van der Waals surface area contributed by atoms with Crippen molar-refractivity contribution in [3.63, 3.8) is 0 Å². The van der Waals surface area contributed by atoms with Gasteiger partial charge in [-0.3, -0.25) is 4.90 Å². The Bertz CT molecular complexity index is 350. The molecule has 1 fully saturated rings. The van der Waals surface area contributed by atoms with Gasteiger partial charge in [-0.1, -0.05) is 38.1 Å². The van der Waals surface area contributed by atoms with E-state index in [1.54, 1.807) is 0 Å². The van der Waals surface area contributed by atoms with Crippen LogP contribution in [0.5, 0.6) is 0 Å². The molecule has 106 valence electrons. The maximum absolute atomic E-state index is 3.45. The topological polar surface area (TPSA) is 15.3 Å². The van der Waals surface area contributed by atoms with Gasteiger partial charge >= 0.3 is 0 Å². The highest BCUT2D eigenvalue weighted by Gasteiger charge is 2.15. The number of hydrogen-bond donors (Lipinski definition) is 1. The Balaban J connectivity index is 1.78. The molecule has 0 aliphatic carbocycles. The van der Waals surface area contributed by atoms with Gasteiger partial charge < -0.3 is 5.32 Å². The van der Waals surface area contributed by atoms with Gasteiger partial charge in [0.15, 0.2) is 0 Å². The average molecular weight is 260 g/mol. The van der Waals surface area contributed by atoms with Gasteiger partial charge in [-0.15, -0.1) is 0 Å². The smallest absolute Gasteiger partial charge is 0.0233 e. The van der Waals surface area contributed by atoms with E-state index in [0.29, 0.717) is 0 Å². The van der Waals surface area contributed by atoms with Crippen molar-refractivity contribution in [1.29, 1.82) is 0 Å². The normalized spacial score (nSPS) is 17.8. The van der Waals surface area contributed by atoms with Gasteiger partial charge in [-0.25, -0.2) is 0 Å². The van der Waals surface area contributed by atoms with Crippen LogP contribution in [-0.4, -0.2) is 24.5 Å². The Morgan fingerprint density at radius 1 is 1.11 bits per heavy atom. The molecular formula is C17H28N2. The first-order valence-corrected chi connectivity index (χ1v) is 7.79. The van der Waals surface area contributed by atoms with Crippen LogP contribution in [0.15, 0.2) is 24.3 Å². The summed E-state index contributed by atoms with van der Waals surface area (Å²) in [6.07, 6.45) is 3.92. The second kappa shape index (κ2) is 7.66. The van der Waals surface area contributed by atoms with Gasteiger partial charge in [0.05, 0.1) is 0 Å². The molecule has 1 aromatic carbocycles. The Kier molecular flexibility index (Phi) is 5.87. The van der Waals surface area contributed by atoms with E-state index >= 15 is 0 Å². The number of hydrogen-bond acceptors (Lipinski definition) is 2. The number of rotatable bonds is 6. The second-order valence-electron chi connectivity index (χ2n) is 5.95. The number of likely N-dealkylation sites (tertiary alicyclic amines) is 1. The standard InChI is InChI=1S/C17H28N2/c1-3-10-18-13-16-4-6-17(7-5-16)14-19-11-8-15(2)9-12-19/h4-7,15,18H,3,8-14H2,1-2H3. The lowest BCUT2D eigenvalue weighted by Crippen LogP contribution is -2.32.